The van der Waals surface area contributed by atoms with Crippen LogP contribution < -0.4 is 0 Å². The number of aliphatic hydroxyl groups excluding tert-OH is 1. The van der Waals surface area contributed by atoms with Crippen LogP contribution in [-0.2, 0) is 4.84 Å². The van der Waals surface area contributed by atoms with Crippen LogP contribution in [0.1, 0.15) is 20.3 Å². The van der Waals surface area contributed by atoms with Gasteiger partial charge in [0.05, 0.1) is 17.7 Å². The van der Waals surface area contributed by atoms with Gasteiger partial charge in [-0.15, -0.1) is 0 Å². The first-order valence-corrected chi connectivity index (χ1v) is 4.13. The van der Waals surface area contributed by atoms with Gasteiger partial charge >= 0.3 is 0 Å². The zero-order valence-electron chi connectivity index (χ0n) is 7.19. The Hall–Kier alpha value is -0.610. The van der Waals surface area contributed by atoms with Crippen LogP contribution in [0.3, 0.4) is 0 Å². The molecule has 1 saturated carbocycles. The lowest BCUT2D eigenvalue weighted by atomic mass is 9.96. The van der Waals surface area contributed by atoms with Gasteiger partial charge in [-0.05, 0) is 13.8 Å². The highest BCUT2D eigenvalue weighted by Crippen LogP contribution is 2.41. The molecular formula is C8H13NO3. The summed E-state index contributed by atoms with van der Waals surface area (Å²) >= 11 is 0. The number of fused-ring (bicyclic) bond motifs is 1. The van der Waals surface area contributed by atoms with Crippen LogP contribution in [0.4, 0.5) is 0 Å². The number of rotatable bonds is 0. The van der Waals surface area contributed by atoms with Crippen LogP contribution >= 0.6 is 0 Å². The molecule has 1 fully saturated rings. The molecule has 2 N–H and O–H groups in total. The van der Waals surface area contributed by atoms with Gasteiger partial charge in [-0.3, -0.25) is 0 Å². The number of hydrogen-bond donors (Lipinski definition) is 2. The van der Waals surface area contributed by atoms with Crippen molar-refractivity contribution in [1.82, 2.24) is 0 Å². The Balaban J connectivity index is 2.28. The van der Waals surface area contributed by atoms with Crippen molar-refractivity contribution in [3.05, 3.63) is 0 Å². The minimum absolute atomic E-state index is 0.111. The van der Waals surface area contributed by atoms with Crippen molar-refractivity contribution in [1.29, 1.82) is 0 Å². The molecule has 4 atom stereocenters. The SMILES string of the molecule is CC1=NO[C@H]2[C@@H]1[C@H](O)C[C@]2(C)O. The van der Waals surface area contributed by atoms with Gasteiger partial charge in [-0.1, -0.05) is 5.16 Å². The third-order valence-electron chi connectivity index (χ3n) is 2.77. The third kappa shape index (κ3) is 0.881. The Kier molecular flexibility index (Phi) is 1.47. The van der Waals surface area contributed by atoms with Crippen LogP contribution in [0.5, 0.6) is 0 Å². The lowest BCUT2D eigenvalue weighted by Crippen LogP contribution is -2.37. The maximum atomic E-state index is 9.79. The molecule has 4 heteroatoms. The van der Waals surface area contributed by atoms with E-state index in [1.165, 1.54) is 0 Å². The summed E-state index contributed by atoms with van der Waals surface area (Å²) in [5.74, 6) is -0.111. The molecule has 4 nitrogen and oxygen atoms in total. The molecule has 12 heavy (non-hydrogen) atoms. The highest BCUT2D eigenvalue weighted by Gasteiger charge is 2.55. The second-order valence-corrected chi connectivity index (χ2v) is 3.91. The summed E-state index contributed by atoms with van der Waals surface area (Å²) in [6.07, 6.45) is -0.501. The first-order valence-electron chi connectivity index (χ1n) is 4.13. The molecule has 0 aromatic rings. The molecule has 0 radical (unpaired) electrons. The average Bonchev–Trinajstić information content (AvgIpc) is 2.38. The maximum absolute atomic E-state index is 9.79. The number of hydrogen-bond acceptors (Lipinski definition) is 4. The topological polar surface area (TPSA) is 62.0 Å². The first-order chi connectivity index (χ1) is 5.52. The van der Waals surface area contributed by atoms with Crippen molar-refractivity contribution >= 4 is 5.71 Å². The predicted molar refractivity (Wildman–Crippen MR) is 42.7 cm³/mol. The van der Waals surface area contributed by atoms with Gasteiger partial charge in [0.2, 0.25) is 0 Å². The monoisotopic (exact) mass is 171 g/mol. The number of oxime groups is 1. The van der Waals surface area contributed by atoms with E-state index in [4.69, 9.17) is 4.84 Å². The predicted octanol–water partition coefficient (Wildman–Crippen LogP) is -0.107. The molecule has 2 aliphatic rings. The van der Waals surface area contributed by atoms with Crippen LogP contribution in [0, 0.1) is 5.92 Å². The van der Waals surface area contributed by atoms with Gasteiger partial charge in [0.25, 0.3) is 0 Å². The van der Waals surface area contributed by atoms with E-state index in [1.807, 2.05) is 6.92 Å². The van der Waals surface area contributed by atoms with Gasteiger partial charge < -0.3 is 15.1 Å². The smallest absolute Gasteiger partial charge is 0.166 e. The summed E-state index contributed by atoms with van der Waals surface area (Å²) in [4.78, 5) is 5.05. The summed E-state index contributed by atoms with van der Waals surface area (Å²) in [5, 5.41) is 23.1. The zero-order chi connectivity index (χ0) is 8.93. The first kappa shape index (κ1) is 8.01. The fourth-order valence-corrected chi connectivity index (χ4v) is 2.13. The Bertz CT molecular complexity index is 236. The molecule has 2 rings (SSSR count). The summed E-state index contributed by atoms with van der Waals surface area (Å²) < 4.78 is 0. The Morgan fingerprint density at radius 3 is 2.92 bits per heavy atom. The van der Waals surface area contributed by atoms with Crippen molar-refractivity contribution in [2.24, 2.45) is 11.1 Å². The fourth-order valence-electron chi connectivity index (χ4n) is 2.13. The molecule has 0 saturated heterocycles. The summed E-state index contributed by atoms with van der Waals surface area (Å²) in [5.41, 5.74) is -0.156. The van der Waals surface area contributed by atoms with Crippen molar-refractivity contribution in [3.8, 4) is 0 Å². The van der Waals surface area contributed by atoms with Crippen LogP contribution in [0.2, 0.25) is 0 Å². The van der Waals surface area contributed by atoms with Gasteiger partial charge in [-0.25, -0.2) is 0 Å². The van der Waals surface area contributed by atoms with Crippen molar-refractivity contribution in [2.75, 3.05) is 0 Å². The molecule has 0 bridgehead atoms. The molecule has 0 unspecified atom stereocenters. The minimum Gasteiger partial charge on any atom is -0.392 e. The van der Waals surface area contributed by atoms with E-state index in [9.17, 15) is 10.2 Å². The van der Waals surface area contributed by atoms with Crippen LogP contribution in [-0.4, -0.2) is 33.7 Å². The third-order valence-corrected chi connectivity index (χ3v) is 2.77. The summed E-state index contributed by atoms with van der Waals surface area (Å²) in [6, 6.07) is 0. The van der Waals surface area contributed by atoms with Gasteiger partial charge in [-0.2, -0.15) is 0 Å². The van der Waals surface area contributed by atoms with Gasteiger partial charge in [0.15, 0.2) is 6.10 Å². The number of aliphatic hydroxyl groups is 2. The van der Waals surface area contributed by atoms with Gasteiger partial charge in [0.1, 0.15) is 5.60 Å². The van der Waals surface area contributed by atoms with E-state index in [2.05, 4.69) is 5.16 Å². The van der Waals surface area contributed by atoms with E-state index in [0.717, 1.165) is 5.71 Å². The summed E-state index contributed by atoms with van der Waals surface area (Å²) in [7, 11) is 0. The molecule has 68 valence electrons. The van der Waals surface area contributed by atoms with E-state index < -0.39 is 11.7 Å². The van der Waals surface area contributed by atoms with E-state index in [1.54, 1.807) is 6.92 Å². The molecule has 1 aliphatic heterocycles. The minimum atomic E-state index is -0.939. The van der Waals surface area contributed by atoms with Crippen LogP contribution in [0.15, 0.2) is 5.16 Å². The highest BCUT2D eigenvalue weighted by molar-refractivity contribution is 5.86. The maximum Gasteiger partial charge on any atom is 0.166 e. The lowest BCUT2D eigenvalue weighted by molar-refractivity contribution is -0.0738. The van der Waals surface area contributed by atoms with Gasteiger partial charge in [0, 0.05) is 6.42 Å². The molecule has 1 heterocycles. The molecule has 0 aromatic carbocycles. The quantitative estimate of drug-likeness (QED) is 0.534. The van der Waals surface area contributed by atoms with E-state index >= 15 is 0 Å². The lowest BCUT2D eigenvalue weighted by Gasteiger charge is -2.21. The molecule has 0 aromatic heterocycles. The molecule has 1 aliphatic carbocycles. The Morgan fingerprint density at radius 1 is 1.67 bits per heavy atom. The largest absolute Gasteiger partial charge is 0.392 e. The Labute approximate surface area is 70.8 Å². The second-order valence-electron chi connectivity index (χ2n) is 3.91. The van der Waals surface area contributed by atoms with Crippen molar-refractivity contribution < 1.29 is 15.1 Å². The van der Waals surface area contributed by atoms with E-state index in [0.29, 0.717) is 6.42 Å². The highest BCUT2D eigenvalue weighted by atomic mass is 16.7. The summed E-state index contributed by atoms with van der Waals surface area (Å²) in [6.45, 7) is 3.49. The molecule has 0 spiro atoms. The standard InChI is InChI=1S/C8H13NO3/c1-4-6-5(10)3-8(2,11)7(6)12-9-4/h5-7,10-11H,3H2,1-2H3/t5-,6+,7+,8+/m1/s1. The fraction of sp³-hybridized carbons (Fsp3) is 0.875. The average molecular weight is 171 g/mol. The van der Waals surface area contributed by atoms with Crippen LogP contribution in [0.25, 0.3) is 0 Å². The van der Waals surface area contributed by atoms with Crippen molar-refractivity contribution in [2.45, 2.75) is 38.1 Å². The molecular weight excluding hydrogens is 158 g/mol. The van der Waals surface area contributed by atoms with E-state index in [-0.39, 0.29) is 12.0 Å². The Morgan fingerprint density at radius 2 is 2.33 bits per heavy atom. The molecule has 0 amide bonds. The normalized spacial score (nSPS) is 51.7. The van der Waals surface area contributed by atoms with Crippen molar-refractivity contribution in [3.63, 3.8) is 0 Å². The number of nitrogens with zero attached hydrogens (tertiary/aromatic N) is 1. The second kappa shape index (κ2) is 2.20. The zero-order valence-corrected chi connectivity index (χ0v) is 7.19.